The van der Waals surface area contributed by atoms with Crippen LogP contribution in [0.5, 0.6) is 0 Å². The molecule has 0 rings (SSSR count). The van der Waals surface area contributed by atoms with Gasteiger partial charge in [-0.05, 0) is 18.6 Å². The summed E-state index contributed by atoms with van der Waals surface area (Å²) in [4.78, 5) is 0. The van der Waals surface area contributed by atoms with E-state index >= 15 is 0 Å². The van der Waals surface area contributed by atoms with Gasteiger partial charge in [0, 0.05) is 12.4 Å². The van der Waals surface area contributed by atoms with Crippen molar-refractivity contribution in [1.29, 1.82) is 0 Å². The van der Waals surface area contributed by atoms with Crippen LogP contribution in [0.25, 0.3) is 0 Å². The second kappa shape index (κ2) is 7.38. The van der Waals surface area contributed by atoms with Crippen LogP contribution in [-0.2, 0) is 0 Å². The topological polar surface area (TPSA) is 40.5 Å². The zero-order chi connectivity index (χ0) is 7.82. The lowest BCUT2D eigenvalue weighted by Gasteiger charge is -2.05. The van der Waals surface area contributed by atoms with Gasteiger partial charge in [0.2, 0.25) is 0 Å². The average Bonchev–Trinajstić information content (AvgIpc) is 1.98. The van der Waals surface area contributed by atoms with Crippen molar-refractivity contribution in [3.8, 4) is 0 Å². The third-order valence-corrected chi connectivity index (χ3v) is 2.43. The molecule has 0 spiro atoms. The Morgan fingerprint density at radius 2 is 2.20 bits per heavy atom. The van der Waals surface area contributed by atoms with Crippen molar-refractivity contribution in [2.24, 2.45) is 0 Å². The van der Waals surface area contributed by atoms with Crippen LogP contribution in [0.4, 0.5) is 0 Å². The first-order valence-electron chi connectivity index (χ1n) is 3.68. The minimum Gasteiger partial charge on any atom is -0.396 e. The van der Waals surface area contributed by atoms with E-state index in [9.17, 15) is 0 Å². The fraction of sp³-hybridized carbons (Fsp3) is 1.00. The maximum Gasteiger partial charge on any atom is 0.0628 e. The van der Waals surface area contributed by atoms with Gasteiger partial charge in [0.05, 0.1) is 6.10 Å². The van der Waals surface area contributed by atoms with Crippen molar-refractivity contribution in [2.75, 3.05) is 18.1 Å². The van der Waals surface area contributed by atoms with Crippen LogP contribution >= 0.6 is 11.8 Å². The van der Waals surface area contributed by atoms with E-state index in [4.69, 9.17) is 10.2 Å². The molecule has 0 aliphatic rings. The molecule has 0 aromatic carbocycles. The van der Waals surface area contributed by atoms with Crippen LogP contribution in [-0.4, -0.2) is 34.4 Å². The minimum atomic E-state index is -0.163. The Balaban J connectivity index is 2.89. The van der Waals surface area contributed by atoms with Gasteiger partial charge in [-0.1, -0.05) is 6.92 Å². The Hall–Kier alpha value is 0.270. The lowest BCUT2D eigenvalue weighted by molar-refractivity contribution is 0.195. The summed E-state index contributed by atoms with van der Waals surface area (Å²) >= 11 is 1.70. The molecule has 0 radical (unpaired) electrons. The number of hydrogen-bond acceptors (Lipinski definition) is 3. The lowest BCUT2D eigenvalue weighted by Crippen LogP contribution is -2.07. The highest BCUT2D eigenvalue weighted by Crippen LogP contribution is 2.05. The molecular formula is C7H16O2S. The molecule has 10 heavy (non-hydrogen) atoms. The van der Waals surface area contributed by atoms with Gasteiger partial charge in [-0.25, -0.2) is 0 Å². The van der Waals surface area contributed by atoms with Crippen molar-refractivity contribution in [1.82, 2.24) is 0 Å². The molecule has 0 saturated carbocycles. The zero-order valence-corrected chi connectivity index (χ0v) is 7.23. The predicted molar refractivity (Wildman–Crippen MR) is 45.3 cm³/mol. The molecule has 0 aromatic heterocycles. The Kier molecular flexibility index (Phi) is 7.58. The molecule has 0 aliphatic carbocycles. The van der Waals surface area contributed by atoms with Crippen LogP contribution in [0.3, 0.4) is 0 Å². The lowest BCUT2D eigenvalue weighted by atomic mass is 10.3. The summed E-state index contributed by atoms with van der Waals surface area (Å²) in [5.74, 6) is 1.75. The molecule has 0 aliphatic heterocycles. The van der Waals surface area contributed by atoms with Crippen molar-refractivity contribution >= 4 is 11.8 Å². The minimum absolute atomic E-state index is 0.163. The van der Waals surface area contributed by atoms with Gasteiger partial charge in [-0.3, -0.25) is 0 Å². The number of rotatable bonds is 6. The maximum absolute atomic E-state index is 9.07. The Labute approximate surface area is 66.6 Å². The summed E-state index contributed by atoms with van der Waals surface area (Å²) in [6.45, 7) is 2.23. The second-order valence-electron chi connectivity index (χ2n) is 2.21. The van der Waals surface area contributed by atoms with Crippen LogP contribution in [0.1, 0.15) is 19.8 Å². The van der Waals surface area contributed by atoms with E-state index in [-0.39, 0.29) is 12.7 Å². The van der Waals surface area contributed by atoms with Gasteiger partial charge in [-0.2, -0.15) is 11.8 Å². The average molecular weight is 164 g/mol. The molecule has 0 fully saturated rings. The van der Waals surface area contributed by atoms with Crippen LogP contribution in [0.2, 0.25) is 0 Å². The van der Waals surface area contributed by atoms with E-state index in [0.717, 1.165) is 24.3 Å². The van der Waals surface area contributed by atoms with Gasteiger partial charge in [-0.15, -0.1) is 0 Å². The quantitative estimate of drug-likeness (QED) is 0.572. The van der Waals surface area contributed by atoms with E-state index in [1.54, 1.807) is 11.8 Å². The first-order chi connectivity index (χ1) is 4.81. The predicted octanol–water partition coefficient (Wildman–Crippen LogP) is 0.873. The molecule has 3 heteroatoms. The fourth-order valence-corrected chi connectivity index (χ4v) is 1.51. The van der Waals surface area contributed by atoms with Gasteiger partial charge in [0.15, 0.2) is 0 Å². The smallest absolute Gasteiger partial charge is 0.0628 e. The Bertz CT molecular complexity index is 68.6. The first-order valence-corrected chi connectivity index (χ1v) is 4.83. The van der Waals surface area contributed by atoms with E-state index in [0.29, 0.717) is 0 Å². The molecular weight excluding hydrogens is 148 g/mol. The van der Waals surface area contributed by atoms with Gasteiger partial charge in [0.1, 0.15) is 0 Å². The highest BCUT2D eigenvalue weighted by atomic mass is 32.2. The summed E-state index contributed by atoms with van der Waals surface area (Å²) in [5, 5.41) is 17.5. The first kappa shape index (κ1) is 10.3. The monoisotopic (exact) mass is 164 g/mol. The summed E-state index contributed by atoms with van der Waals surface area (Å²) in [7, 11) is 0. The molecule has 0 bridgehead atoms. The number of aliphatic hydroxyl groups excluding tert-OH is 2. The Morgan fingerprint density at radius 3 is 2.70 bits per heavy atom. The second-order valence-corrected chi connectivity index (χ2v) is 3.36. The highest BCUT2D eigenvalue weighted by Gasteiger charge is 1.98. The zero-order valence-electron chi connectivity index (χ0n) is 6.42. The van der Waals surface area contributed by atoms with Gasteiger partial charge < -0.3 is 10.2 Å². The summed E-state index contributed by atoms with van der Waals surface area (Å²) in [6, 6.07) is 0. The highest BCUT2D eigenvalue weighted by molar-refractivity contribution is 7.99. The molecule has 2 nitrogen and oxygen atoms in total. The van der Waals surface area contributed by atoms with Crippen LogP contribution in [0, 0.1) is 0 Å². The molecule has 0 amide bonds. The SMILES string of the molecule is CC[C@H](O)CSCCCO. The molecule has 0 aromatic rings. The number of hydrogen-bond donors (Lipinski definition) is 2. The van der Waals surface area contributed by atoms with Gasteiger partial charge in [0.25, 0.3) is 0 Å². The summed E-state index contributed by atoms with van der Waals surface area (Å²) < 4.78 is 0. The largest absolute Gasteiger partial charge is 0.396 e. The van der Waals surface area contributed by atoms with E-state index in [1.807, 2.05) is 6.92 Å². The maximum atomic E-state index is 9.07. The van der Waals surface area contributed by atoms with Crippen molar-refractivity contribution in [2.45, 2.75) is 25.9 Å². The molecule has 0 heterocycles. The van der Waals surface area contributed by atoms with Crippen LogP contribution in [0.15, 0.2) is 0 Å². The van der Waals surface area contributed by atoms with E-state index < -0.39 is 0 Å². The molecule has 0 saturated heterocycles. The molecule has 1 atom stereocenters. The summed E-state index contributed by atoms with van der Waals surface area (Å²) in [6.07, 6.45) is 1.50. The standard InChI is InChI=1S/C7H16O2S/c1-2-7(9)6-10-5-3-4-8/h7-9H,2-6H2,1H3/t7-/m0/s1. The van der Waals surface area contributed by atoms with Crippen molar-refractivity contribution in [3.05, 3.63) is 0 Å². The molecule has 2 N–H and O–H groups in total. The third-order valence-electron chi connectivity index (χ3n) is 1.23. The van der Waals surface area contributed by atoms with Crippen LogP contribution < -0.4 is 0 Å². The fourth-order valence-electron chi connectivity index (χ4n) is 0.504. The third kappa shape index (κ3) is 6.39. The normalized spacial score (nSPS) is 13.5. The van der Waals surface area contributed by atoms with Crippen molar-refractivity contribution in [3.63, 3.8) is 0 Å². The van der Waals surface area contributed by atoms with E-state index in [1.165, 1.54) is 0 Å². The Morgan fingerprint density at radius 1 is 1.50 bits per heavy atom. The number of thioether (sulfide) groups is 1. The van der Waals surface area contributed by atoms with Crippen molar-refractivity contribution < 1.29 is 10.2 Å². The summed E-state index contributed by atoms with van der Waals surface area (Å²) in [5.41, 5.74) is 0. The number of aliphatic hydroxyl groups is 2. The molecule has 0 unspecified atom stereocenters. The van der Waals surface area contributed by atoms with Gasteiger partial charge >= 0.3 is 0 Å². The van der Waals surface area contributed by atoms with E-state index in [2.05, 4.69) is 0 Å². The molecule has 62 valence electrons.